The van der Waals surface area contributed by atoms with E-state index < -0.39 is 0 Å². The zero-order valence-electron chi connectivity index (χ0n) is 12.6. The van der Waals surface area contributed by atoms with Gasteiger partial charge in [0.15, 0.2) is 4.34 Å². The minimum atomic E-state index is -0.289. The van der Waals surface area contributed by atoms with Crippen LogP contribution in [0.5, 0.6) is 0 Å². The molecule has 0 aliphatic carbocycles. The van der Waals surface area contributed by atoms with Crippen LogP contribution in [0.4, 0.5) is 5.13 Å². The first-order chi connectivity index (χ1) is 10.7. The Morgan fingerprint density at radius 1 is 1.55 bits per heavy atom. The molecule has 0 aliphatic heterocycles. The second kappa shape index (κ2) is 8.79. The first kappa shape index (κ1) is 16.8. The Kier molecular flexibility index (Phi) is 6.73. The van der Waals surface area contributed by atoms with Crippen LogP contribution in [0, 0.1) is 0 Å². The summed E-state index contributed by atoms with van der Waals surface area (Å²) in [4.78, 5) is 11.8. The molecule has 0 saturated heterocycles. The molecule has 0 bridgehead atoms. The number of nitrogens with zero attached hydrogens (tertiary/aromatic N) is 2. The lowest BCUT2D eigenvalue weighted by Gasteiger charge is -2.08. The number of aromatic nitrogens is 2. The summed E-state index contributed by atoms with van der Waals surface area (Å²) in [5, 5.41) is 11.7. The van der Waals surface area contributed by atoms with E-state index >= 15 is 0 Å². The Hall–Kier alpha value is -1.54. The quantitative estimate of drug-likeness (QED) is 0.424. The predicted molar refractivity (Wildman–Crippen MR) is 87.1 cm³/mol. The Bertz CT molecular complexity index is 572. The summed E-state index contributed by atoms with van der Waals surface area (Å²) in [6, 6.07) is 3.72. The summed E-state index contributed by atoms with van der Waals surface area (Å²) >= 11 is 2.77. The van der Waals surface area contributed by atoms with Gasteiger partial charge in [-0.15, -0.1) is 10.2 Å². The van der Waals surface area contributed by atoms with Gasteiger partial charge in [-0.05, 0) is 25.5 Å². The van der Waals surface area contributed by atoms with E-state index in [1.54, 1.807) is 6.26 Å². The minimum Gasteiger partial charge on any atom is -0.467 e. The molecule has 2 aromatic rings. The van der Waals surface area contributed by atoms with E-state index in [0.717, 1.165) is 22.9 Å². The number of anilines is 1. The average Bonchev–Trinajstić information content (AvgIpc) is 3.16. The van der Waals surface area contributed by atoms with Crippen molar-refractivity contribution in [1.82, 2.24) is 10.2 Å². The summed E-state index contributed by atoms with van der Waals surface area (Å²) in [7, 11) is 0. The van der Waals surface area contributed by atoms with Gasteiger partial charge in [0.2, 0.25) is 5.13 Å². The van der Waals surface area contributed by atoms with E-state index in [1.807, 2.05) is 19.1 Å². The first-order valence-corrected chi connectivity index (χ1v) is 8.81. The Morgan fingerprint density at radius 3 is 3.14 bits per heavy atom. The molecule has 0 fully saturated rings. The molecule has 8 heteroatoms. The highest BCUT2D eigenvalue weighted by Crippen LogP contribution is 2.29. The summed E-state index contributed by atoms with van der Waals surface area (Å²) in [6.45, 7) is 4.91. The Balaban J connectivity index is 1.77. The van der Waals surface area contributed by atoms with Crippen molar-refractivity contribution in [3.8, 4) is 0 Å². The van der Waals surface area contributed by atoms with Crippen LogP contribution < -0.4 is 5.32 Å². The Labute approximate surface area is 137 Å². The van der Waals surface area contributed by atoms with Gasteiger partial charge in [0.1, 0.15) is 11.0 Å². The lowest BCUT2D eigenvalue weighted by molar-refractivity contribution is -0.142. The third kappa shape index (κ3) is 5.34. The number of furan rings is 1. The molecule has 120 valence electrons. The number of esters is 1. The molecule has 2 rings (SSSR count). The van der Waals surface area contributed by atoms with Gasteiger partial charge in [0, 0.05) is 0 Å². The highest BCUT2D eigenvalue weighted by molar-refractivity contribution is 8.02. The van der Waals surface area contributed by atoms with Gasteiger partial charge in [-0.25, -0.2) is 0 Å². The fraction of sp³-hybridized carbons (Fsp3) is 0.500. The third-order valence-corrected chi connectivity index (χ3v) is 4.80. The largest absolute Gasteiger partial charge is 0.467 e. The van der Waals surface area contributed by atoms with Crippen molar-refractivity contribution in [2.45, 2.75) is 42.8 Å². The molecular weight excluding hydrogens is 322 g/mol. The Morgan fingerprint density at radius 2 is 2.41 bits per heavy atom. The van der Waals surface area contributed by atoms with E-state index in [-0.39, 0.29) is 11.2 Å². The topological polar surface area (TPSA) is 77.2 Å². The number of hydrogen-bond donors (Lipinski definition) is 1. The summed E-state index contributed by atoms with van der Waals surface area (Å²) in [5.74, 6) is 0.621. The first-order valence-electron chi connectivity index (χ1n) is 7.12. The van der Waals surface area contributed by atoms with Gasteiger partial charge in [0.25, 0.3) is 0 Å². The summed E-state index contributed by atoms with van der Waals surface area (Å²) in [5.41, 5.74) is 0. The number of nitrogens with one attached hydrogen (secondary N) is 1. The van der Waals surface area contributed by atoms with E-state index in [1.165, 1.54) is 23.1 Å². The highest BCUT2D eigenvalue weighted by Gasteiger charge is 2.18. The minimum absolute atomic E-state index is 0.209. The van der Waals surface area contributed by atoms with Crippen LogP contribution in [0.25, 0.3) is 0 Å². The van der Waals surface area contributed by atoms with Gasteiger partial charge >= 0.3 is 5.97 Å². The number of rotatable bonds is 9. The number of ether oxygens (including phenoxy) is 1. The third-order valence-electron chi connectivity index (χ3n) is 2.75. The zero-order chi connectivity index (χ0) is 15.8. The maximum Gasteiger partial charge on any atom is 0.319 e. The van der Waals surface area contributed by atoms with Crippen molar-refractivity contribution in [2.75, 3.05) is 11.9 Å². The van der Waals surface area contributed by atoms with Crippen molar-refractivity contribution in [3.63, 3.8) is 0 Å². The van der Waals surface area contributed by atoms with Crippen LogP contribution in [-0.2, 0) is 16.1 Å². The molecular formula is C14H19N3O3S2. The van der Waals surface area contributed by atoms with Crippen LogP contribution in [0.15, 0.2) is 27.2 Å². The van der Waals surface area contributed by atoms with Gasteiger partial charge in [0.05, 0.1) is 19.4 Å². The molecule has 22 heavy (non-hydrogen) atoms. The molecule has 0 aliphatic rings. The molecule has 1 N–H and O–H groups in total. The molecule has 0 spiro atoms. The van der Waals surface area contributed by atoms with Gasteiger partial charge in [-0.1, -0.05) is 36.4 Å². The monoisotopic (exact) mass is 341 g/mol. The number of thioether (sulfide) groups is 1. The molecule has 0 aromatic carbocycles. The fourth-order valence-corrected chi connectivity index (χ4v) is 3.43. The van der Waals surface area contributed by atoms with Crippen molar-refractivity contribution >= 4 is 34.2 Å². The van der Waals surface area contributed by atoms with Crippen LogP contribution in [0.3, 0.4) is 0 Å². The lowest BCUT2D eigenvalue weighted by Crippen LogP contribution is -2.17. The SMILES string of the molecule is CCCCOC(=O)C(C)Sc1nnc(NCc2ccco2)s1. The molecule has 1 atom stereocenters. The second-order valence-electron chi connectivity index (χ2n) is 4.59. The molecule has 2 heterocycles. The molecule has 2 aromatic heterocycles. The van der Waals surface area contributed by atoms with Gasteiger partial charge < -0.3 is 14.5 Å². The van der Waals surface area contributed by atoms with Gasteiger partial charge in [-0.3, -0.25) is 4.79 Å². The molecule has 0 amide bonds. The van der Waals surface area contributed by atoms with Crippen molar-refractivity contribution < 1.29 is 13.9 Å². The highest BCUT2D eigenvalue weighted by atomic mass is 32.2. The number of hydrogen-bond acceptors (Lipinski definition) is 8. The van der Waals surface area contributed by atoms with Crippen LogP contribution in [-0.4, -0.2) is 28.0 Å². The standard InChI is InChI=1S/C14H19N3O3S2/c1-3-4-7-20-12(18)10(2)21-14-17-16-13(22-14)15-9-11-6-5-8-19-11/h5-6,8,10H,3-4,7,9H2,1-2H3,(H,15,16). The average molecular weight is 341 g/mol. The zero-order valence-corrected chi connectivity index (χ0v) is 14.2. The summed E-state index contributed by atoms with van der Waals surface area (Å²) in [6.07, 6.45) is 3.53. The van der Waals surface area contributed by atoms with Gasteiger partial charge in [-0.2, -0.15) is 0 Å². The maximum atomic E-state index is 11.8. The maximum absolute atomic E-state index is 11.8. The molecule has 1 unspecified atom stereocenters. The number of carbonyl (C=O) groups is 1. The lowest BCUT2D eigenvalue weighted by atomic mass is 10.4. The fourth-order valence-electron chi connectivity index (χ4n) is 1.54. The molecule has 0 radical (unpaired) electrons. The molecule has 6 nitrogen and oxygen atoms in total. The van der Waals surface area contributed by atoms with Crippen molar-refractivity contribution in [1.29, 1.82) is 0 Å². The molecule has 0 saturated carbocycles. The van der Waals surface area contributed by atoms with Crippen molar-refractivity contribution in [2.24, 2.45) is 0 Å². The summed E-state index contributed by atoms with van der Waals surface area (Å²) < 4.78 is 11.2. The van der Waals surface area contributed by atoms with E-state index in [9.17, 15) is 4.79 Å². The van der Waals surface area contributed by atoms with Crippen LogP contribution in [0.2, 0.25) is 0 Å². The van der Waals surface area contributed by atoms with E-state index in [0.29, 0.717) is 18.3 Å². The van der Waals surface area contributed by atoms with E-state index in [4.69, 9.17) is 9.15 Å². The van der Waals surface area contributed by atoms with Crippen LogP contribution >= 0.6 is 23.1 Å². The number of unbranched alkanes of at least 4 members (excludes halogenated alkanes) is 1. The smallest absolute Gasteiger partial charge is 0.319 e. The second-order valence-corrected chi connectivity index (χ2v) is 7.15. The predicted octanol–water partition coefficient (Wildman–Crippen LogP) is 3.57. The normalized spacial score (nSPS) is 12.1. The number of carbonyl (C=O) groups excluding carboxylic acids is 1. The van der Waals surface area contributed by atoms with Crippen LogP contribution in [0.1, 0.15) is 32.4 Å². The van der Waals surface area contributed by atoms with Crippen molar-refractivity contribution in [3.05, 3.63) is 24.2 Å². The van der Waals surface area contributed by atoms with E-state index in [2.05, 4.69) is 22.4 Å².